The number of carbonyl (C=O) groups is 1. The summed E-state index contributed by atoms with van der Waals surface area (Å²) in [4.78, 5) is 11.8. The minimum absolute atomic E-state index is 0.0154. The molecule has 0 saturated heterocycles. The molecule has 3 rings (SSSR count). The van der Waals surface area contributed by atoms with Crippen LogP contribution in [0.1, 0.15) is 38.2 Å². The highest BCUT2D eigenvalue weighted by molar-refractivity contribution is 5.91. The Morgan fingerprint density at radius 1 is 1.35 bits per heavy atom. The number of unbranched alkanes of at least 4 members (excludes halogenated alkanes) is 1. The van der Waals surface area contributed by atoms with Crippen LogP contribution in [0.15, 0.2) is 47.4 Å². The van der Waals surface area contributed by atoms with Gasteiger partial charge in [-0.1, -0.05) is 43.7 Å². The second kappa shape index (κ2) is 6.49. The molecule has 1 heterocycles. The molecule has 1 aliphatic carbocycles. The van der Waals surface area contributed by atoms with Crippen molar-refractivity contribution in [3.8, 4) is 0 Å². The monoisotopic (exact) mass is 314 g/mol. The van der Waals surface area contributed by atoms with Gasteiger partial charge in [0, 0.05) is 17.9 Å². The molecule has 1 aliphatic heterocycles. The number of aliphatic hydroxyl groups excluding tert-OH is 1. The molecule has 2 atom stereocenters. The molecule has 0 amide bonds. The van der Waals surface area contributed by atoms with Crippen LogP contribution in [0, 0.1) is 5.92 Å². The van der Waals surface area contributed by atoms with Crippen LogP contribution in [0.25, 0.3) is 5.57 Å². The Kier molecular flexibility index (Phi) is 4.42. The van der Waals surface area contributed by atoms with E-state index >= 15 is 0 Å². The molecule has 1 aromatic rings. The van der Waals surface area contributed by atoms with E-state index in [1.54, 1.807) is 0 Å². The van der Waals surface area contributed by atoms with Crippen LogP contribution in [0.5, 0.6) is 0 Å². The first kappa shape index (κ1) is 15.7. The summed E-state index contributed by atoms with van der Waals surface area (Å²) >= 11 is 0. The average molecular weight is 314 g/mol. The lowest BCUT2D eigenvalue weighted by atomic mass is 9.88. The largest absolute Gasteiger partial charge is 0.508 e. The normalized spacial score (nSPS) is 23.0. The van der Waals surface area contributed by atoms with Gasteiger partial charge in [-0.05, 0) is 18.4 Å². The third-order valence-corrected chi connectivity index (χ3v) is 4.58. The predicted octanol–water partition coefficient (Wildman–Crippen LogP) is 3.99. The maximum Gasteiger partial charge on any atom is 0.337 e. The van der Waals surface area contributed by atoms with E-state index in [0.29, 0.717) is 12.0 Å². The Bertz CT molecular complexity index is 657. The third kappa shape index (κ3) is 2.74. The van der Waals surface area contributed by atoms with Gasteiger partial charge in [-0.15, -0.1) is 0 Å². The van der Waals surface area contributed by atoms with Gasteiger partial charge in [0.2, 0.25) is 0 Å². The first-order valence-electron chi connectivity index (χ1n) is 8.12. The lowest BCUT2D eigenvalue weighted by Crippen LogP contribution is -2.15. The standard InChI is InChI=1S/C19H22O4/c1-3-4-10-15-16(12-8-6-5-7-9-12)13-11-14(19(21)22-2)17(20)18(13)23-15/h5-9,13,18,20H,3-4,10-11H2,1-2H3/t13-,18+/m0/s1. The van der Waals surface area contributed by atoms with Gasteiger partial charge in [0.25, 0.3) is 0 Å². The summed E-state index contributed by atoms with van der Waals surface area (Å²) in [6.07, 6.45) is 2.99. The molecule has 1 aromatic carbocycles. The van der Waals surface area contributed by atoms with Gasteiger partial charge < -0.3 is 14.6 Å². The van der Waals surface area contributed by atoms with E-state index in [4.69, 9.17) is 9.47 Å². The van der Waals surface area contributed by atoms with E-state index in [0.717, 1.165) is 36.2 Å². The van der Waals surface area contributed by atoms with Crippen molar-refractivity contribution in [1.29, 1.82) is 0 Å². The molecule has 0 radical (unpaired) electrons. The van der Waals surface area contributed by atoms with E-state index in [1.165, 1.54) is 7.11 Å². The van der Waals surface area contributed by atoms with E-state index < -0.39 is 12.1 Å². The van der Waals surface area contributed by atoms with Gasteiger partial charge in [0.15, 0.2) is 6.10 Å². The van der Waals surface area contributed by atoms with Crippen molar-refractivity contribution < 1.29 is 19.4 Å². The number of ether oxygens (including phenoxy) is 2. The van der Waals surface area contributed by atoms with Crippen molar-refractivity contribution in [2.24, 2.45) is 5.92 Å². The van der Waals surface area contributed by atoms with Crippen LogP contribution in [0.3, 0.4) is 0 Å². The number of hydrogen-bond donors (Lipinski definition) is 1. The Morgan fingerprint density at radius 3 is 2.74 bits per heavy atom. The summed E-state index contributed by atoms with van der Waals surface area (Å²) in [5.41, 5.74) is 2.56. The number of hydrogen-bond acceptors (Lipinski definition) is 4. The number of rotatable bonds is 5. The summed E-state index contributed by atoms with van der Waals surface area (Å²) in [6.45, 7) is 2.14. The molecule has 23 heavy (non-hydrogen) atoms. The summed E-state index contributed by atoms with van der Waals surface area (Å²) < 4.78 is 10.8. The highest BCUT2D eigenvalue weighted by Gasteiger charge is 2.47. The van der Waals surface area contributed by atoms with Crippen molar-refractivity contribution >= 4 is 11.5 Å². The second-order valence-corrected chi connectivity index (χ2v) is 6.01. The minimum Gasteiger partial charge on any atom is -0.508 e. The van der Waals surface area contributed by atoms with E-state index in [1.807, 2.05) is 18.2 Å². The lowest BCUT2D eigenvalue weighted by Gasteiger charge is -2.12. The molecule has 0 saturated carbocycles. The summed E-state index contributed by atoms with van der Waals surface area (Å²) in [5.74, 6) is 0.492. The average Bonchev–Trinajstić information content (AvgIpc) is 3.09. The Balaban J connectivity index is 1.95. The zero-order valence-electron chi connectivity index (χ0n) is 13.5. The number of allylic oxidation sites excluding steroid dienone is 1. The van der Waals surface area contributed by atoms with E-state index in [9.17, 15) is 9.90 Å². The zero-order valence-corrected chi connectivity index (χ0v) is 13.5. The lowest BCUT2D eigenvalue weighted by molar-refractivity contribution is -0.136. The fourth-order valence-corrected chi connectivity index (χ4v) is 3.44. The number of methoxy groups -OCH3 is 1. The second-order valence-electron chi connectivity index (χ2n) is 6.01. The molecular formula is C19H22O4. The van der Waals surface area contributed by atoms with Crippen LogP contribution in [0.4, 0.5) is 0 Å². The zero-order chi connectivity index (χ0) is 16.4. The third-order valence-electron chi connectivity index (χ3n) is 4.58. The number of benzene rings is 1. The number of fused-ring (bicyclic) bond motifs is 1. The molecule has 122 valence electrons. The van der Waals surface area contributed by atoms with Crippen LogP contribution < -0.4 is 0 Å². The van der Waals surface area contributed by atoms with Gasteiger partial charge >= 0.3 is 5.97 Å². The molecule has 0 fully saturated rings. The molecule has 0 bridgehead atoms. The number of carbonyl (C=O) groups excluding carboxylic acids is 1. The minimum atomic E-state index is -0.469. The molecule has 0 spiro atoms. The molecule has 4 nitrogen and oxygen atoms in total. The smallest absolute Gasteiger partial charge is 0.337 e. The van der Waals surface area contributed by atoms with Crippen molar-refractivity contribution in [1.82, 2.24) is 0 Å². The van der Waals surface area contributed by atoms with Crippen molar-refractivity contribution in [3.63, 3.8) is 0 Å². The first-order valence-corrected chi connectivity index (χ1v) is 8.12. The molecule has 1 N–H and O–H groups in total. The molecular weight excluding hydrogens is 292 g/mol. The van der Waals surface area contributed by atoms with Gasteiger partial charge in [-0.3, -0.25) is 0 Å². The fourth-order valence-electron chi connectivity index (χ4n) is 3.44. The molecule has 2 aliphatic rings. The molecule has 4 heteroatoms. The maximum atomic E-state index is 11.8. The highest BCUT2D eigenvalue weighted by Crippen LogP contribution is 2.49. The van der Waals surface area contributed by atoms with Crippen LogP contribution in [0.2, 0.25) is 0 Å². The van der Waals surface area contributed by atoms with Crippen molar-refractivity contribution in [2.45, 2.75) is 38.7 Å². The molecule has 0 aromatic heterocycles. The Morgan fingerprint density at radius 2 is 2.09 bits per heavy atom. The topological polar surface area (TPSA) is 55.8 Å². The van der Waals surface area contributed by atoms with Gasteiger partial charge in [0.1, 0.15) is 11.5 Å². The van der Waals surface area contributed by atoms with Crippen molar-refractivity contribution in [2.75, 3.05) is 7.11 Å². The maximum absolute atomic E-state index is 11.8. The Labute approximate surface area is 136 Å². The summed E-state index contributed by atoms with van der Waals surface area (Å²) in [7, 11) is 1.33. The predicted molar refractivity (Wildman–Crippen MR) is 87.5 cm³/mol. The van der Waals surface area contributed by atoms with E-state index in [-0.39, 0.29) is 11.7 Å². The van der Waals surface area contributed by atoms with Gasteiger partial charge in [0.05, 0.1) is 12.7 Å². The van der Waals surface area contributed by atoms with Gasteiger partial charge in [-0.25, -0.2) is 4.79 Å². The van der Waals surface area contributed by atoms with Crippen LogP contribution in [-0.2, 0) is 14.3 Å². The van der Waals surface area contributed by atoms with E-state index in [2.05, 4.69) is 19.1 Å². The van der Waals surface area contributed by atoms with Crippen LogP contribution >= 0.6 is 0 Å². The molecule has 0 unspecified atom stereocenters. The fraction of sp³-hybridized carbons (Fsp3) is 0.421. The van der Waals surface area contributed by atoms with Gasteiger partial charge in [-0.2, -0.15) is 0 Å². The Hall–Kier alpha value is -2.23. The SMILES string of the molecule is CCCCC1=C(c2ccccc2)[C@@H]2CC(C(=O)OC)=C(O)[C@@H]2O1. The highest BCUT2D eigenvalue weighted by atomic mass is 16.5. The van der Waals surface area contributed by atoms with Crippen LogP contribution in [-0.4, -0.2) is 24.3 Å². The summed E-state index contributed by atoms with van der Waals surface area (Å²) in [5, 5.41) is 10.4. The van der Waals surface area contributed by atoms with Crippen molar-refractivity contribution in [3.05, 3.63) is 53.0 Å². The summed E-state index contributed by atoms with van der Waals surface area (Å²) in [6, 6.07) is 10.1. The quantitative estimate of drug-likeness (QED) is 0.835. The number of esters is 1. The first-order chi connectivity index (χ1) is 11.2. The number of aliphatic hydroxyl groups is 1.